The van der Waals surface area contributed by atoms with Gasteiger partial charge in [-0.2, -0.15) is 0 Å². The number of rotatable bonds is 9. The highest BCUT2D eigenvalue weighted by molar-refractivity contribution is 14.1. The molecule has 5 aromatic rings. The molecule has 0 aliphatic heterocycles. The zero-order chi connectivity index (χ0) is 29.3. The quantitative estimate of drug-likeness (QED) is 0.0850. The van der Waals surface area contributed by atoms with E-state index < -0.39 is 5.91 Å². The molecule has 0 spiro atoms. The van der Waals surface area contributed by atoms with Crippen molar-refractivity contribution in [3.8, 4) is 0 Å². The van der Waals surface area contributed by atoms with E-state index in [4.69, 9.17) is 0 Å². The van der Waals surface area contributed by atoms with Crippen LogP contribution in [0.1, 0.15) is 15.9 Å². The van der Waals surface area contributed by atoms with E-state index in [9.17, 15) is 14.4 Å². The highest BCUT2D eigenvalue weighted by Gasteiger charge is 2.16. The van der Waals surface area contributed by atoms with E-state index in [1.54, 1.807) is 42.5 Å². The maximum Gasteiger partial charge on any atom is 0.272 e. The van der Waals surface area contributed by atoms with Crippen LogP contribution in [0.4, 0.5) is 11.4 Å². The molecule has 0 saturated carbocycles. The second kappa shape index (κ2) is 14.0. The van der Waals surface area contributed by atoms with Crippen molar-refractivity contribution < 1.29 is 14.4 Å². The topological polar surface area (TPSA) is 87.3 Å². The number of carbonyl (C=O) groups excluding carboxylic acids is 3. The maximum absolute atomic E-state index is 13.6. The molecule has 0 heterocycles. The van der Waals surface area contributed by atoms with Crippen LogP contribution in [0.3, 0.4) is 0 Å². The number of halogens is 1. The van der Waals surface area contributed by atoms with Gasteiger partial charge in [0.2, 0.25) is 5.91 Å². The summed E-state index contributed by atoms with van der Waals surface area (Å²) in [5, 5.41) is 10.6. The fourth-order valence-electron chi connectivity index (χ4n) is 4.22. The van der Waals surface area contributed by atoms with Gasteiger partial charge in [0.15, 0.2) is 0 Å². The maximum atomic E-state index is 13.6. The summed E-state index contributed by atoms with van der Waals surface area (Å²) in [6.07, 6.45) is 1.69. The minimum Gasteiger partial charge on any atom is -0.325 e. The molecule has 5 rings (SSSR count). The Balaban J connectivity index is 1.33. The van der Waals surface area contributed by atoms with Gasteiger partial charge in [-0.3, -0.25) is 14.4 Å². The SMILES string of the molecule is O=C(CSc1cccc(NC(=O)/C(=C\c2cccc3ccccc23)NC(=O)c2ccccc2)c1)Nc1ccc(I)cc1. The van der Waals surface area contributed by atoms with Crippen LogP contribution in [0.2, 0.25) is 0 Å². The summed E-state index contributed by atoms with van der Waals surface area (Å²) in [5.74, 6) is -0.769. The lowest BCUT2D eigenvalue weighted by Gasteiger charge is -2.13. The van der Waals surface area contributed by atoms with Crippen LogP contribution in [-0.2, 0) is 9.59 Å². The largest absolute Gasteiger partial charge is 0.325 e. The third-order valence-electron chi connectivity index (χ3n) is 6.24. The first-order chi connectivity index (χ1) is 20.4. The molecule has 8 heteroatoms. The Hall–Kier alpha value is -4.41. The van der Waals surface area contributed by atoms with Gasteiger partial charge in [0.25, 0.3) is 11.8 Å². The first-order valence-corrected chi connectivity index (χ1v) is 15.2. The van der Waals surface area contributed by atoms with Crippen molar-refractivity contribution in [2.75, 3.05) is 16.4 Å². The van der Waals surface area contributed by atoms with Crippen molar-refractivity contribution in [3.63, 3.8) is 0 Å². The fraction of sp³-hybridized carbons (Fsp3) is 0.0294. The molecule has 0 fully saturated rings. The minimum atomic E-state index is -0.467. The summed E-state index contributed by atoms with van der Waals surface area (Å²) in [4.78, 5) is 39.9. The zero-order valence-corrected chi connectivity index (χ0v) is 25.3. The second-order valence-corrected chi connectivity index (χ2v) is 11.6. The lowest BCUT2D eigenvalue weighted by Crippen LogP contribution is -2.30. The normalized spacial score (nSPS) is 11.1. The lowest BCUT2D eigenvalue weighted by atomic mass is 10.0. The minimum absolute atomic E-state index is 0.107. The van der Waals surface area contributed by atoms with Gasteiger partial charge in [-0.05, 0) is 99.6 Å². The average molecular weight is 684 g/mol. The molecule has 6 nitrogen and oxygen atoms in total. The molecular weight excluding hydrogens is 657 g/mol. The number of thioether (sulfide) groups is 1. The summed E-state index contributed by atoms with van der Waals surface area (Å²) in [5.41, 5.74) is 2.63. The summed E-state index contributed by atoms with van der Waals surface area (Å²) in [6.45, 7) is 0. The van der Waals surface area contributed by atoms with Crippen LogP contribution in [0, 0.1) is 3.57 Å². The van der Waals surface area contributed by atoms with Crippen LogP contribution in [0.15, 0.2) is 132 Å². The van der Waals surface area contributed by atoms with E-state index in [2.05, 4.69) is 38.5 Å². The van der Waals surface area contributed by atoms with E-state index in [0.29, 0.717) is 11.3 Å². The standard InChI is InChI=1S/C34H26IN3O3S/c35-26-16-18-27(19-17-26)36-32(39)22-42-29-14-7-13-28(21-29)37-34(41)31(38-33(40)24-9-2-1-3-10-24)20-25-12-6-11-23-8-4-5-15-30(23)25/h1-21H,22H2,(H,36,39)(H,37,41)(H,38,40)/b31-20+. The highest BCUT2D eigenvalue weighted by Crippen LogP contribution is 2.24. The van der Waals surface area contributed by atoms with E-state index in [0.717, 1.165) is 30.5 Å². The summed E-state index contributed by atoms with van der Waals surface area (Å²) in [7, 11) is 0. The molecular formula is C34H26IN3O3S. The van der Waals surface area contributed by atoms with Crippen LogP contribution >= 0.6 is 34.4 Å². The van der Waals surface area contributed by atoms with E-state index in [1.165, 1.54) is 11.8 Å². The Labute approximate surface area is 261 Å². The van der Waals surface area contributed by atoms with Gasteiger partial charge in [0.05, 0.1) is 5.75 Å². The number of hydrogen-bond donors (Lipinski definition) is 3. The van der Waals surface area contributed by atoms with Crippen molar-refractivity contribution in [1.29, 1.82) is 0 Å². The summed E-state index contributed by atoms with van der Waals surface area (Å²) < 4.78 is 1.09. The Kier molecular flexibility index (Phi) is 9.68. The lowest BCUT2D eigenvalue weighted by molar-refractivity contribution is -0.114. The predicted octanol–water partition coefficient (Wildman–Crippen LogP) is 7.58. The van der Waals surface area contributed by atoms with Gasteiger partial charge in [-0.15, -0.1) is 11.8 Å². The number of anilines is 2. The van der Waals surface area contributed by atoms with Crippen LogP contribution in [-0.4, -0.2) is 23.5 Å². The molecule has 3 N–H and O–H groups in total. The first-order valence-electron chi connectivity index (χ1n) is 13.1. The number of hydrogen-bond acceptors (Lipinski definition) is 4. The third kappa shape index (κ3) is 7.86. The number of benzene rings is 5. The van der Waals surface area contributed by atoms with Gasteiger partial charge in [0, 0.05) is 25.4 Å². The van der Waals surface area contributed by atoms with E-state index in [1.807, 2.05) is 84.9 Å². The smallest absolute Gasteiger partial charge is 0.272 e. The highest BCUT2D eigenvalue weighted by atomic mass is 127. The molecule has 0 bridgehead atoms. The van der Waals surface area contributed by atoms with Crippen LogP contribution < -0.4 is 16.0 Å². The predicted molar refractivity (Wildman–Crippen MR) is 179 cm³/mol. The third-order valence-corrected chi connectivity index (χ3v) is 7.95. The van der Waals surface area contributed by atoms with Gasteiger partial charge in [0.1, 0.15) is 5.70 Å². The van der Waals surface area contributed by atoms with Gasteiger partial charge >= 0.3 is 0 Å². The van der Waals surface area contributed by atoms with Gasteiger partial charge < -0.3 is 16.0 Å². The molecule has 42 heavy (non-hydrogen) atoms. The molecule has 0 aliphatic carbocycles. The summed E-state index contributed by atoms with van der Waals surface area (Å²) >= 11 is 3.58. The van der Waals surface area contributed by atoms with Crippen LogP contribution in [0.25, 0.3) is 16.8 Å². The first kappa shape index (κ1) is 29.1. The Morgan fingerprint density at radius 2 is 1.43 bits per heavy atom. The molecule has 5 aromatic carbocycles. The molecule has 0 aliphatic rings. The molecule has 0 saturated heterocycles. The molecule has 3 amide bonds. The van der Waals surface area contributed by atoms with Gasteiger partial charge in [-0.1, -0.05) is 66.7 Å². The molecule has 0 unspecified atom stereocenters. The Morgan fingerprint density at radius 3 is 2.24 bits per heavy atom. The van der Waals surface area contributed by atoms with Crippen molar-refractivity contribution >= 4 is 80.3 Å². The second-order valence-electron chi connectivity index (χ2n) is 9.27. The molecule has 0 aromatic heterocycles. The summed E-state index contributed by atoms with van der Waals surface area (Å²) in [6, 6.07) is 37.3. The van der Waals surface area contributed by atoms with Crippen molar-refractivity contribution in [2.24, 2.45) is 0 Å². The number of carbonyl (C=O) groups is 3. The average Bonchev–Trinajstić information content (AvgIpc) is 3.01. The fourth-order valence-corrected chi connectivity index (χ4v) is 5.33. The molecule has 0 radical (unpaired) electrons. The molecule has 208 valence electrons. The zero-order valence-electron chi connectivity index (χ0n) is 22.3. The number of nitrogens with one attached hydrogen (secondary N) is 3. The monoisotopic (exact) mass is 683 g/mol. The number of fused-ring (bicyclic) bond motifs is 1. The van der Waals surface area contributed by atoms with Crippen molar-refractivity contribution in [1.82, 2.24) is 5.32 Å². The van der Waals surface area contributed by atoms with E-state index >= 15 is 0 Å². The van der Waals surface area contributed by atoms with Gasteiger partial charge in [-0.25, -0.2) is 0 Å². The van der Waals surface area contributed by atoms with Crippen LogP contribution in [0.5, 0.6) is 0 Å². The molecule has 0 atom stereocenters. The van der Waals surface area contributed by atoms with E-state index in [-0.39, 0.29) is 23.3 Å². The van der Waals surface area contributed by atoms with Crippen molar-refractivity contribution in [2.45, 2.75) is 4.90 Å². The van der Waals surface area contributed by atoms with Crippen molar-refractivity contribution in [3.05, 3.63) is 142 Å². The Morgan fingerprint density at radius 1 is 0.714 bits per heavy atom. The number of amides is 3. The Bertz CT molecular complexity index is 1770.